The van der Waals surface area contributed by atoms with E-state index in [1.807, 2.05) is 0 Å². The summed E-state index contributed by atoms with van der Waals surface area (Å²) < 4.78 is 13.7. The Balaban J connectivity index is 1.98. The van der Waals surface area contributed by atoms with Crippen LogP contribution in [0.4, 0.5) is 10.2 Å². The topological polar surface area (TPSA) is 54.9 Å². The van der Waals surface area contributed by atoms with Gasteiger partial charge in [-0.25, -0.2) is 4.39 Å². The molecule has 0 aliphatic carbocycles. The van der Waals surface area contributed by atoms with Gasteiger partial charge >= 0.3 is 0 Å². The number of amides is 1. The summed E-state index contributed by atoms with van der Waals surface area (Å²) in [6, 6.07) is 12.6. The van der Waals surface area contributed by atoms with Crippen LogP contribution in [0.3, 0.4) is 0 Å². The second-order valence-electron chi connectivity index (χ2n) is 4.34. The van der Waals surface area contributed by atoms with E-state index in [2.05, 4.69) is 15.5 Å². The van der Waals surface area contributed by atoms with Gasteiger partial charge < -0.3 is 5.32 Å². The molecule has 104 valence electrons. The van der Waals surface area contributed by atoms with Crippen LogP contribution < -0.4 is 5.32 Å². The first-order valence-electron chi connectivity index (χ1n) is 6.13. The van der Waals surface area contributed by atoms with Gasteiger partial charge in [-0.2, -0.15) is 0 Å². The number of halogens is 2. The van der Waals surface area contributed by atoms with E-state index in [0.717, 1.165) is 0 Å². The maximum Gasteiger partial charge on any atom is 0.257 e. The van der Waals surface area contributed by atoms with Crippen molar-refractivity contribution in [3.8, 4) is 0 Å². The third-order valence-electron chi connectivity index (χ3n) is 2.99. The van der Waals surface area contributed by atoms with Crippen molar-refractivity contribution in [1.82, 2.24) is 10.2 Å². The summed E-state index contributed by atoms with van der Waals surface area (Å²) in [7, 11) is 0. The first-order valence-corrected chi connectivity index (χ1v) is 6.51. The van der Waals surface area contributed by atoms with E-state index in [4.69, 9.17) is 11.6 Å². The Morgan fingerprint density at radius 1 is 1.00 bits per heavy atom. The Morgan fingerprint density at radius 2 is 1.76 bits per heavy atom. The summed E-state index contributed by atoms with van der Waals surface area (Å²) in [4.78, 5) is 12.3. The summed E-state index contributed by atoms with van der Waals surface area (Å²) >= 11 is 5.63. The fourth-order valence-electron chi connectivity index (χ4n) is 2.03. The standard InChI is InChI=1S/C15H9ClFN3O/c16-13-7-8-14(20-19-13)18-15(21)11-5-6-12(17)10-4-2-1-3-9(10)11/h1-8H,(H,18,20,21). The van der Waals surface area contributed by atoms with Gasteiger partial charge in [0.25, 0.3) is 5.91 Å². The van der Waals surface area contributed by atoms with Crippen molar-refractivity contribution in [2.75, 3.05) is 5.32 Å². The Bertz CT molecular complexity index is 821. The molecule has 0 spiro atoms. The molecule has 0 bridgehead atoms. The van der Waals surface area contributed by atoms with E-state index in [0.29, 0.717) is 16.3 Å². The highest BCUT2D eigenvalue weighted by molar-refractivity contribution is 6.29. The van der Waals surface area contributed by atoms with Gasteiger partial charge in [0.15, 0.2) is 11.0 Å². The number of anilines is 1. The molecule has 0 radical (unpaired) electrons. The normalized spacial score (nSPS) is 10.6. The molecule has 1 aromatic heterocycles. The highest BCUT2D eigenvalue weighted by Crippen LogP contribution is 2.22. The van der Waals surface area contributed by atoms with Crippen molar-refractivity contribution < 1.29 is 9.18 Å². The molecule has 1 amide bonds. The van der Waals surface area contributed by atoms with E-state index in [9.17, 15) is 9.18 Å². The highest BCUT2D eigenvalue weighted by Gasteiger charge is 2.13. The van der Waals surface area contributed by atoms with Gasteiger partial charge in [0.2, 0.25) is 0 Å². The molecular formula is C15H9ClFN3O. The maximum atomic E-state index is 13.7. The SMILES string of the molecule is O=C(Nc1ccc(Cl)nn1)c1ccc(F)c2ccccc12. The van der Waals surface area contributed by atoms with Gasteiger partial charge in [-0.15, -0.1) is 10.2 Å². The summed E-state index contributed by atoms with van der Waals surface area (Å²) in [6.07, 6.45) is 0. The number of carbonyl (C=O) groups excluding carboxylic acids is 1. The largest absolute Gasteiger partial charge is 0.305 e. The second kappa shape index (κ2) is 5.46. The number of benzene rings is 2. The quantitative estimate of drug-likeness (QED) is 0.785. The van der Waals surface area contributed by atoms with Gasteiger partial charge in [-0.3, -0.25) is 4.79 Å². The molecule has 0 unspecified atom stereocenters. The first-order chi connectivity index (χ1) is 10.1. The lowest BCUT2D eigenvalue weighted by atomic mass is 10.0. The molecule has 0 aliphatic heterocycles. The van der Waals surface area contributed by atoms with Crippen LogP contribution in [0.15, 0.2) is 48.5 Å². The van der Waals surface area contributed by atoms with Crippen molar-refractivity contribution in [2.24, 2.45) is 0 Å². The average molecular weight is 302 g/mol. The lowest BCUT2D eigenvalue weighted by Gasteiger charge is -2.07. The molecule has 4 nitrogen and oxygen atoms in total. The average Bonchev–Trinajstić information content (AvgIpc) is 2.50. The molecule has 1 N–H and O–H groups in total. The predicted molar refractivity (Wildman–Crippen MR) is 78.9 cm³/mol. The lowest BCUT2D eigenvalue weighted by molar-refractivity contribution is 0.102. The number of fused-ring (bicyclic) bond motifs is 1. The molecule has 21 heavy (non-hydrogen) atoms. The molecule has 3 rings (SSSR count). The second-order valence-corrected chi connectivity index (χ2v) is 4.72. The molecule has 0 saturated carbocycles. The van der Waals surface area contributed by atoms with E-state index < -0.39 is 0 Å². The maximum absolute atomic E-state index is 13.7. The minimum atomic E-state index is -0.386. The molecule has 0 aliphatic rings. The Morgan fingerprint density at radius 3 is 2.48 bits per heavy atom. The third kappa shape index (κ3) is 2.68. The zero-order chi connectivity index (χ0) is 14.8. The Labute approximate surface area is 124 Å². The van der Waals surface area contributed by atoms with Gasteiger partial charge in [-0.05, 0) is 29.7 Å². The van der Waals surface area contributed by atoms with Crippen molar-refractivity contribution in [2.45, 2.75) is 0 Å². The lowest BCUT2D eigenvalue weighted by Crippen LogP contribution is -2.14. The number of aromatic nitrogens is 2. The Hall–Kier alpha value is -2.53. The Kier molecular flexibility index (Phi) is 3.50. The zero-order valence-electron chi connectivity index (χ0n) is 10.7. The molecular weight excluding hydrogens is 293 g/mol. The monoisotopic (exact) mass is 301 g/mol. The molecule has 0 fully saturated rings. The van der Waals surface area contributed by atoms with Crippen LogP contribution in [0.2, 0.25) is 5.15 Å². The fraction of sp³-hybridized carbons (Fsp3) is 0. The van der Waals surface area contributed by atoms with Crippen LogP contribution in [0, 0.1) is 5.82 Å². The van der Waals surface area contributed by atoms with Crippen LogP contribution in [0.1, 0.15) is 10.4 Å². The smallest absolute Gasteiger partial charge is 0.257 e. The summed E-state index contributed by atoms with van der Waals surface area (Å²) in [5.41, 5.74) is 0.365. The molecule has 1 heterocycles. The van der Waals surface area contributed by atoms with Crippen molar-refractivity contribution >= 4 is 34.1 Å². The van der Waals surface area contributed by atoms with Crippen molar-refractivity contribution in [1.29, 1.82) is 0 Å². The summed E-state index contributed by atoms with van der Waals surface area (Å²) in [5.74, 6) is -0.478. The molecule has 0 saturated heterocycles. The van der Waals surface area contributed by atoms with Gasteiger partial charge in [0.05, 0.1) is 0 Å². The molecule has 3 aromatic rings. The first kappa shape index (κ1) is 13.5. The highest BCUT2D eigenvalue weighted by atomic mass is 35.5. The van der Waals surface area contributed by atoms with Crippen molar-refractivity contribution in [3.63, 3.8) is 0 Å². The number of hydrogen-bond donors (Lipinski definition) is 1. The number of nitrogens with zero attached hydrogens (tertiary/aromatic N) is 2. The van der Waals surface area contributed by atoms with E-state index in [-0.39, 0.29) is 22.7 Å². The molecule has 6 heteroatoms. The van der Waals surface area contributed by atoms with E-state index in [1.165, 1.54) is 18.2 Å². The number of rotatable bonds is 2. The van der Waals surface area contributed by atoms with Gasteiger partial charge in [0, 0.05) is 10.9 Å². The predicted octanol–water partition coefficient (Wildman–Crippen LogP) is 3.67. The zero-order valence-corrected chi connectivity index (χ0v) is 11.4. The van der Waals surface area contributed by atoms with Gasteiger partial charge in [0.1, 0.15) is 5.82 Å². The van der Waals surface area contributed by atoms with Crippen LogP contribution in [-0.2, 0) is 0 Å². The van der Waals surface area contributed by atoms with E-state index in [1.54, 1.807) is 30.3 Å². The van der Waals surface area contributed by atoms with Crippen LogP contribution in [0.5, 0.6) is 0 Å². The van der Waals surface area contributed by atoms with Crippen LogP contribution >= 0.6 is 11.6 Å². The van der Waals surface area contributed by atoms with Crippen LogP contribution in [-0.4, -0.2) is 16.1 Å². The molecule has 0 atom stereocenters. The minimum absolute atomic E-state index is 0.236. The number of nitrogens with one attached hydrogen (secondary N) is 1. The summed E-state index contributed by atoms with van der Waals surface area (Å²) in [5, 5.41) is 11.2. The molecule has 2 aromatic carbocycles. The van der Waals surface area contributed by atoms with Crippen LogP contribution in [0.25, 0.3) is 10.8 Å². The van der Waals surface area contributed by atoms with E-state index >= 15 is 0 Å². The van der Waals surface area contributed by atoms with Crippen molar-refractivity contribution in [3.05, 3.63) is 65.1 Å². The van der Waals surface area contributed by atoms with Gasteiger partial charge in [-0.1, -0.05) is 35.9 Å². The number of carbonyl (C=O) groups is 1. The number of hydrogen-bond acceptors (Lipinski definition) is 3. The summed E-state index contributed by atoms with van der Waals surface area (Å²) in [6.45, 7) is 0. The fourth-order valence-corrected chi connectivity index (χ4v) is 2.13. The minimum Gasteiger partial charge on any atom is -0.305 e. The third-order valence-corrected chi connectivity index (χ3v) is 3.19.